The van der Waals surface area contributed by atoms with Gasteiger partial charge in [0.15, 0.2) is 5.76 Å². The van der Waals surface area contributed by atoms with E-state index >= 15 is 0 Å². The number of carbonyl (C=O) groups excluding carboxylic acids is 1. The van der Waals surface area contributed by atoms with Crippen molar-refractivity contribution in [3.63, 3.8) is 0 Å². The molecule has 0 aliphatic rings. The van der Waals surface area contributed by atoms with Crippen molar-refractivity contribution in [1.82, 2.24) is 4.90 Å². The number of hydrogen-bond donors (Lipinski definition) is 1. The normalized spacial score (nSPS) is 13.5. The Balaban J connectivity index is 2.26. The largest absolute Gasteiger partial charge is 0.468 e. The molecule has 2 heterocycles. The van der Waals surface area contributed by atoms with E-state index in [4.69, 9.17) is 14.6 Å². The molecule has 0 bridgehead atoms. The molecule has 0 aliphatic heterocycles. The topological polar surface area (TPSA) is 72.6 Å². The summed E-state index contributed by atoms with van der Waals surface area (Å²) in [5.41, 5.74) is 6.12. The summed E-state index contributed by atoms with van der Waals surface area (Å²) in [6, 6.07) is 5.70. The molecule has 0 saturated heterocycles. The molecule has 2 aromatic heterocycles. The number of rotatable bonds is 5. The van der Waals surface area contributed by atoms with Crippen LogP contribution in [0, 0.1) is 0 Å². The Hall–Kier alpha value is -2.01. The minimum absolute atomic E-state index is 0.120. The maximum Gasteiger partial charge on any atom is 0.284 e. The van der Waals surface area contributed by atoms with Crippen molar-refractivity contribution in [2.75, 3.05) is 7.05 Å². The minimum Gasteiger partial charge on any atom is -0.468 e. The summed E-state index contributed by atoms with van der Waals surface area (Å²) >= 11 is 0. The van der Waals surface area contributed by atoms with E-state index in [1.165, 1.54) is 0 Å². The third kappa shape index (κ3) is 3.42. The molecule has 1 amide bonds. The van der Waals surface area contributed by atoms with Gasteiger partial charge in [-0.2, -0.15) is 0 Å². The lowest BCUT2D eigenvalue weighted by molar-refractivity contribution is 0.0970. The first kappa shape index (κ1) is 16.4. The third-order valence-electron chi connectivity index (χ3n) is 3.77. The zero-order valence-corrected chi connectivity index (χ0v) is 13.8. The van der Waals surface area contributed by atoms with Crippen LogP contribution >= 0.6 is 0 Å². The van der Waals surface area contributed by atoms with Crippen molar-refractivity contribution in [2.24, 2.45) is 5.73 Å². The lowest BCUT2D eigenvalue weighted by Gasteiger charge is -2.24. The van der Waals surface area contributed by atoms with E-state index in [0.717, 1.165) is 17.1 Å². The molecule has 120 valence electrons. The average molecular weight is 304 g/mol. The second kappa shape index (κ2) is 6.01. The monoisotopic (exact) mass is 304 g/mol. The molecule has 0 saturated carbocycles. The molecule has 2 rings (SSSR count). The summed E-state index contributed by atoms with van der Waals surface area (Å²) in [5, 5.41) is 0. The minimum atomic E-state index is -0.543. The van der Waals surface area contributed by atoms with Crippen molar-refractivity contribution in [1.29, 1.82) is 0 Å². The lowest BCUT2D eigenvalue weighted by Crippen LogP contribution is -2.23. The number of primary amides is 1. The van der Waals surface area contributed by atoms with Gasteiger partial charge in [0.2, 0.25) is 0 Å². The molecule has 5 nitrogen and oxygen atoms in total. The average Bonchev–Trinajstić information content (AvgIpc) is 3.05. The van der Waals surface area contributed by atoms with E-state index in [-0.39, 0.29) is 17.2 Å². The Kier molecular flexibility index (Phi) is 4.47. The van der Waals surface area contributed by atoms with Gasteiger partial charge in [-0.3, -0.25) is 9.69 Å². The highest BCUT2D eigenvalue weighted by atomic mass is 16.4. The fourth-order valence-electron chi connectivity index (χ4n) is 2.45. The SMILES string of the molecule is C[C@@H](c1ccco1)N(C)Cc1cc(C(N)=O)oc1C(C)(C)C. The molecule has 2 aromatic rings. The summed E-state index contributed by atoms with van der Waals surface area (Å²) in [6.45, 7) is 8.87. The predicted molar refractivity (Wildman–Crippen MR) is 84.5 cm³/mol. The molecule has 1 atom stereocenters. The summed E-state index contributed by atoms with van der Waals surface area (Å²) in [5.74, 6) is 1.36. The Labute approximate surface area is 131 Å². The van der Waals surface area contributed by atoms with Gasteiger partial charge in [-0.25, -0.2) is 0 Å². The summed E-state index contributed by atoms with van der Waals surface area (Å²) in [6.07, 6.45) is 1.67. The Morgan fingerprint density at radius 3 is 2.59 bits per heavy atom. The third-order valence-corrected chi connectivity index (χ3v) is 3.77. The highest BCUT2D eigenvalue weighted by molar-refractivity contribution is 5.90. The van der Waals surface area contributed by atoms with Crippen LogP contribution in [0.4, 0.5) is 0 Å². The van der Waals surface area contributed by atoms with Crippen LogP contribution in [0.5, 0.6) is 0 Å². The van der Waals surface area contributed by atoms with E-state index in [0.29, 0.717) is 6.54 Å². The van der Waals surface area contributed by atoms with Crippen LogP contribution in [0.15, 0.2) is 33.3 Å². The summed E-state index contributed by atoms with van der Waals surface area (Å²) < 4.78 is 11.1. The molecule has 0 spiro atoms. The molecule has 0 aliphatic carbocycles. The van der Waals surface area contributed by atoms with E-state index in [2.05, 4.69) is 32.6 Å². The van der Waals surface area contributed by atoms with Crippen molar-refractivity contribution >= 4 is 5.91 Å². The molecule has 2 N–H and O–H groups in total. The Morgan fingerprint density at radius 1 is 1.41 bits per heavy atom. The van der Waals surface area contributed by atoms with Gasteiger partial charge in [0.25, 0.3) is 5.91 Å². The standard InChI is InChI=1S/C17H24N2O3/c1-11(13-7-6-8-21-13)19(5)10-12-9-14(16(18)20)22-15(12)17(2,3)4/h6-9,11H,10H2,1-5H3,(H2,18,20)/t11-/m0/s1. The maximum atomic E-state index is 11.4. The van der Waals surface area contributed by atoms with Gasteiger partial charge < -0.3 is 14.6 Å². The molecule has 0 aromatic carbocycles. The van der Waals surface area contributed by atoms with E-state index < -0.39 is 5.91 Å². The molecular formula is C17H24N2O3. The highest BCUT2D eigenvalue weighted by Crippen LogP contribution is 2.31. The number of amides is 1. The van der Waals surface area contributed by atoms with E-state index in [1.54, 1.807) is 12.3 Å². The molecule has 22 heavy (non-hydrogen) atoms. The second-order valence-electron chi connectivity index (χ2n) is 6.69. The quantitative estimate of drug-likeness (QED) is 0.918. The lowest BCUT2D eigenvalue weighted by atomic mass is 9.90. The molecule has 0 radical (unpaired) electrons. The van der Waals surface area contributed by atoms with E-state index in [1.807, 2.05) is 19.2 Å². The van der Waals surface area contributed by atoms with Crippen LogP contribution in [0.2, 0.25) is 0 Å². The summed E-state index contributed by atoms with van der Waals surface area (Å²) in [7, 11) is 2.01. The smallest absolute Gasteiger partial charge is 0.284 e. The number of carbonyl (C=O) groups is 1. The van der Waals surface area contributed by atoms with Crippen molar-refractivity contribution < 1.29 is 13.6 Å². The van der Waals surface area contributed by atoms with Gasteiger partial charge in [-0.05, 0) is 32.2 Å². The summed E-state index contributed by atoms with van der Waals surface area (Å²) in [4.78, 5) is 13.5. The molecule has 5 heteroatoms. The van der Waals surface area contributed by atoms with E-state index in [9.17, 15) is 4.79 Å². The van der Waals surface area contributed by atoms with Crippen molar-refractivity contribution in [2.45, 2.75) is 45.7 Å². The second-order valence-corrected chi connectivity index (χ2v) is 6.69. The molecule has 0 fully saturated rings. The predicted octanol–water partition coefficient (Wildman–Crippen LogP) is 3.46. The van der Waals surface area contributed by atoms with Crippen molar-refractivity contribution in [3.8, 4) is 0 Å². The maximum absolute atomic E-state index is 11.4. The molecule has 0 unspecified atom stereocenters. The van der Waals surface area contributed by atoms with Crippen LogP contribution < -0.4 is 5.73 Å². The van der Waals surface area contributed by atoms with Gasteiger partial charge in [0.1, 0.15) is 11.5 Å². The van der Waals surface area contributed by atoms with Gasteiger partial charge in [-0.15, -0.1) is 0 Å². The zero-order chi connectivity index (χ0) is 16.5. The number of nitrogens with two attached hydrogens (primary N) is 1. The van der Waals surface area contributed by atoms with Crippen LogP contribution in [-0.2, 0) is 12.0 Å². The van der Waals surface area contributed by atoms with Crippen LogP contribution in [0.3, 0.4) is 0 Å². The van der Waals surface area contributed by atoms with Gasteiger partial charge in [0, 0.05) is 17.5 Å². The van der Waals surface area contributed by atoms with Crippen molar-refractivity contribution in [3.05, 3.63) is 47.3 Å². The van der Waals surface area contributed by atoms with Crippen LogP contribution in [0.1, 0.15) is 61.4 Å². The first-order chi connectivity index (χ1) is 10.2. The Morgan fingerprint density at radius 2 is 2.09 bits per heavy atom. The fraction of sp³-hybridized carbons (Fsp3) is 0.471. The number of furan rings is 2. The first-order valence-electron chi connectivity index (χ1n) is 7.36. The molecular weight excluding hydrogens is 280 g/mol. The zero-order valence-electron chi connectivity index (χ0n) is 13.8. The van der Waals surface area contributed by atoms with Crippen LogP contribution in [-0.4, -0.2) is 17.9 Å². The Bertz CT molecular complexity index is 635. The highest BCUT2D eigenvalue weighted by Gasteiger charge is 2.26. The first-order valence-corrected chi connectivity index (χ1v) is 7.36. The fourth-order valence-corrected chi connectivity index (χ4v) is 2.45. The van der Waals surface area contributed by atoms with Gasteiger partial charge in [0.05, 0.1) is 12.3 Å². The van der Waals surface area contributed by atoms with Gasteiger partial charge in [-0.1, -0.05) is 20.8 Å². The van der Waals surface area contributed by atoms with Crippen LogP contribution in [0.25, 0.3) is 0 Å². The number of nitrogens with zero attached hydrogens (tertiary/aromatic N) is 1. The number of hydrogen-bond acceptors (Lipinski definition) is 4. The van der Waals surface area contributed by atoms with Gasteiger partial charge >= 0.3 is 0 Å².